The molecule has 0 radical (unpaired) electrons. The Morgan fingerprint density at radius 3 is 2.53 bits per heavy atom. The van der Waals surface area contributed by atoms with Crippen LogP contribution in [0.15, 0.2) is 107 Å². The zero-order chi connectivity index (χ0) is 24.8. The second kappa shape index (κ2) is 8.54. The number of amidine groups is 1. The molecule has 0 spiro atoms. The standard InChI is InChI=1S/C30H24N4O2/c1-36-21-11-7-10-19(14-21)27-23(17-31)30-33-29(32)22-12-5-6-13-24(22)34(30)25-15-20(16-26(35)28(25)27)18-8-3-2-4-9-18/h2-14,20,27H,15-16H2,1H3,(H2,32,33)/t20-,27+/m0/s1. The van der Waals surface area contributed by atoms with Gasteiger partial charge in [0.15, 0.2) is 11.6 Å². The summed E-state index contributed by atoms with van der Waals surface area (Å²) >= 11 is 0. The second-order valence-corrected chi connectivity index (χ2v) is 9.21. The van der Waals surface area contributed by atoms with Crippen LogP contribution in [-0.2, 0) is 4.79 Å². The summed E-state index contributed by atoms with van der Waals surface area (Å²) in [7, 11) is 1.61. The van der Waals surface area contributed by atoms with Gasteiger partial charge in [0.05, 0.1) is 30.4 Å². The van der Waals surface area contributed by atoms with Crippen molar-refractivity contribution in [2.75, 3.05) is 12.0 Å². The highest BCUT2D eigenvalue weighted by Gasteiger charge is 2.45. The van der Waals surface area contributed by atoms with Crippen molar-refractivity contribution >= 4 is 17.3 Å². The van der Waals surface area contributed by atoms with E-state index in [1.807, 2.05) is 71.6 Å². The molecule has 0 bridgehead atoms. The van der Waals surface area contributed by atoms with E-state index < -0.39 is 5.92 Å². The quantitative estimate of drug-likeness (QED) is 0.569. The van der Waals surface area contributed by atoms with Crippen molar-refractivity contribution in [2.45, 2.75) is 24.7 Å². The third-order valence-electron chi connectivity index (χ3n) is 7.25. The monoisotopic (exact) mass is 472 g/mol. The lowest BCUT2D eigenvalue weighted by Gasteiger charge is -2.43. The van der Waals surface area contributed by atoms with Crippen LogP contribution in [0.1, 0.15) is 41.4 Å². The van der Waals surface area contributed by atoms with Crippen molar-refractivity contribution in [1.82, 2.24) is 0 Å². The van der Waals surface area contributed by atoms with E-state index in [4.69, 9.17) is 15.5 Å². The van der Waals surface area contributed by atoms with Gasteiger partial charge in [-0.1, -0.05) is 54.6 Å². The minimum Gasteiger partial charge on any atom is -0.497 e. The van der Waals surface area contributed by atoms with Gasteiger partial charge in [0.2, 0.25) is 0 Å². The van der Waals surface area contributed by atoms with E-state index in [1.54, 1.807) is 7.11 Å². The summed E-state index contributed by atoms with van der Waals surface area (Å²) in [6.45, 7) is 0. The lowest BCUT2D eigenvalue weighted by Crippen LogP contribution is -2.40. The number of allylic oxidation sites excluding steroid dienone is 3. The van der Waals surface area contributed by atoms with Crippen molar-refractivity contribution in [2.24, 2.45) is 10.7 Å². The molecule has 6 rings (SSSR count). The number of ketones is 1. The maximum Gasteiger partial charge on any atom is 0.162 e. The van der Waals surface area contributed by atoms with E-state index in [-0.39, 0.29) is 11.7 Å². The molecule has 3 aromatic carbocycles. The number of nitriles is 1. The Kier molecular flexibility index (Phi) is 5.19. The first-order chi connectivity index (χ1) is 17.6. The van der Waals surface area contributed by atoms with Crippen molar-refractivity contribution in [3.05, 3.63) is 118 Å². The topological polar surface area (TPSA) is 91.7 Å². The molecule has 0 unspecified atom stereocenters. The van der Waals surface area contributed by atoms with E-state index in [1.165, 1.54) is 0 Å². The Balaban J connectivity index is 1.62. The fourth-order valence-electron chi connectivity index (χ4n) is 5.63. The van der Waals surface area contributed by atoms with Crippen LogP contribution in [0.3, 0.4) is 0 Å². The van der Waals surface area contributed by atoms with E-state index in [9.17, 15) is 10.1 Å². The number of carbonyl (C=O) groups excluding carboxylic acids is 1. The summed E-state index contributed by atoms with van der Waals surface area (Å²) in [6, 6.07) is 27.8. The predicted octanol–water partition coefficient (Wildman–Crippen LogP) is 5.15. The number of hydrogen-bond donors (Lipinski definition) is 1. The van der Waals surface area contributed by atoms with Gasteiger partial charge in [-0.25, -0.2) is 4.99 Å². The summed E-state index contributed by atoms with van der Waals surface area (Å²) < 4.78 is 5.46. The summed E-state index contributed by atoms with van der Waals surface area (Å²) in [4.78, 5) is 20.7. The number of ether oxygens (including phenoxy) is 1. The third kappa shape index (κ3) is 3.32. The van der Waals surface area contributed by atoms with Gasteiger partial charge in [0.25, 0.3) is 0 Å². The molecule has 2 aliphatic heterocycles. The Labute approximate surface area is 209 Å². The average molecular weight is 473 g/mol. The number of hydrogen-bond acceptors (Lipinski definition) is 6. The number of anilines is 1. The molecule has 3 aromatic rings. The predicted molar refractivity (Wildman–Crippen MR) is 138 cm³/mol. The van der Waals surface area contributed by atoms with Crippen molar-refractivity contribution in [1.29, 1.82) is 5.26 Å². The number of nitrogens with two attached hydrogens (primary N) is 1. The molecule has 6 heteroatoms. The fraction of sp³-hybridized carbons (Fsp3) is 0.167. The maximum atomic E-state index is 14.0. The van der Waals surface area contributed by atoms with Gasteiger partial charge in [-0.05, 0) is 47.7 Å². The normalized spacial score (nSPS) is 20.7. The van der Waals surface area contributed by atoms with Crippen LogP contribution in [0.5, 0.6) is 5.75 Å². The maximum absolute atomic E-state index is 14.0. The van der Waals surface area contributed by atoms with Gasteiger partial charge in [-0.15, -0.1) is 0 Å². The molecule has 1 aliphatic carbocycles. The Morgan fingerprint density at radius 1 is 1.00 bits per heavy atom. The summed E-state index contributed by atoms with van der Waals surface area (Å²) in [5, 5.41) is 10.4. The average Bonchev–Trinajstić information content (AvgIpc) is 2.92. The first kappa shape index (κ1) is 21.9. The van der Waals surface area contributed by atoms with Gasteiger partial charge in [0.1, 0.15) is 11.6 Å². The van der Waals surface area contributed by atoms with Crippen molar-refractivity contribution in [3.8, 4) is 11.8 Å². The summed E-state index contributed by atoms with van der Waals surface area (Å²) in [5.41, 5.74) is 11.9. The Hall–Kier alpha value is -4.63. The number of nitrogens with zero attached hydrogens (tertiary/aromatic N) is 3. The van der Waals surface area contributed by atoms with Crippen LogP contribution >= 0.6 is 0 Å². The molecule has 0 aromatic heterocycles. The van der Waals surface area contributed by atoms with Gasteiger partial charge in [0, 0.05) is 23.3 Å². The molecular formula is C30H24N4O2. The number of methoxy groups -OCH3 is 1. The van der Waals surface area contributed by atoms with Crippen molar-refractivity contribution in [3.63, 3.8) is 0 Å². The molecule has 2 heterocycles. The number of benzene rings is 3. The summed E-state index contributed by atoms with van der Waals surface area (Å²) in [5.74, 6) is 1.05. The highest BCUT2D eigenvalue weighted by atomic mass is 16.5. The van der Waals surface area contributed by atoms with E-state index in [2.05, 4.69) is 18.2 Å². The van der Waals surface area contributed by atoms with Gasteiger partial charge < -0.3 is 10.5 Å². The lowest BCUT2D eigenvalue weighted by atomic mass is 9.71. The zero-order valence-corrected chi connectivity index (χ0v) is 19.8. The molecule has 176 valence electrons. The summed E-state index contributed by atoms with van der Waals surface area (Å²) in [6.07, 6.45) is 1.04. The molecular weight excluding hydrogens is 448 g/mol. The number of para-hydroxylation sites is 1. The minimum atomic E-state index is -0.544. The largest absolute Gasteiger partial charge is 0.497 e. The Bertz CT molecular complexity index is 1530. The number of fused-ring (bicyclic) bond motifs is 4. The highest BCUT2D eigenvalue weighted by Crippen LogP contribution is 2.51. The van der Waals surface area contributed by atoms with Gasteiger partial charge >= 0.3 is 0 Å². The molecule has 0 saturated carbocycles. The number of carbonyl (C=O) groups is 1. The van der Waals surface area contributed by atoms with Gasteiger partial charge in [-0.2, -0.15) is 5.26 Å². The van der Waals surface area contributed by atoms with Crippen LogP contribution in [-0.4, -0.2) is 18.7 Å². The molecule has 2 N–H and O–H groups in total. The van der Waals surface area contributed by atoms with Crippen LogP contribution in [0.25, 0.3) is 0 Å². The van der Waals surface area contributed by atoms with Gasteiger partial charge in [-0.3, -0.25) is 9.69 Å². The number of Topliss-reactive ketones (excluding diaryl/α,β-unsaturated/α-hetero) is 1. The van der Waals surface area contributed by atoms with Crippen LogP contribution < -0.4 is 15.4 Å². The van der Waals surface area contributed by atoms with Crippen molar-refractivity contribution < 1.29 is 9.53 Å². The molecule has 0 fully saturated rings. The molecule has 2 atom stereocenters. The molecule has 0 saturated heterocycles. The Morgan fingerprint density at radius 2 is 1.75 bits per heavy atom. The number of aliphatic imine (C=N–C) groups is 1. The fourth-order valence-corrected chi connectivity index (χ4v) is 5.63. The first-order valence-corrected chi connectivity index (χ1v) is 11.9. The highest BCUT2D eigenvalue weighted by molar-refractivity contribution is 6.08. The van der Waals surface area contributed by atoms with E-state index >= 15 is 0 Å². The number of rotatable bonds is 3. The van der Waals surface area contributed by atoms with Crippen LogP contribution in [0.2, 0.25) is 0 Å². The zero-order valence-electron chi connectivity index (χ0n) is 19.8. The lowest BCUT2D eigenvalue weighted by molar-refractivity contribution is -0.116. The minimum absolute atomic E-state index is 0.0312. The molecule has 0 amide bonds. The third-order valence-corrected chi connectivity index (χ3v) is 7.25. The SMILES string of the molecule is COc1cccc([C@@H]2C(C#N)=C3N=C(N)c4ccccc4N3C3=C2C(=O)C[C@@H](c2ccccc2)C3)c1. The molecule has 3 aliphatic rings. The first-order valence-electron chi connectivity index (χ1n) is 11.9. The molecule has 6 nitrogen and oxygen atoms in total. The van der Waals surface area contributed by atoms with E-state index in [0.29, 0.717) is 41.4 Å². The second-order valence-electron chi connectivity index (χ2n) is 9.21. The van der Waals surface area contributed by atoms with Crippen LogP contribution in [0, 0.1) is 11.3 Å². The van der Waals surface area contributed by atoms with Crippen LogP contribution in [0.4, 0.5) is 5.69 Å². The smallest absolute Gasteiger partial charge is 0.162 e. The molecule has 36 heavy (non-hydrogen) atoms. The van der Waals surface area contributed by atoms with E-state index in [0.717, 1.165) is 28.1 Å².